The molecule has 0 aliphatic heterocycles. The molecule has 2 N–H and O–H groups in total. The molecular weight excluding hydrogens is 238 g/mol. The van der Waals surface area contributed by atoms with Crippen LogP contribution in [0.15, 0.2) is 24.3 Å². The zero-order valence-corrected chi connectivity index (χ0v) is 12.0. The summed E-state index contributed by atoms with van der Waals surface area (Å²) in [5.41, 5.74) is 0.721. The molecule has 1 fully saturated rings. The van der Waals surface area contributed by atoms with Crippen LogP contribution in [0.5, 0.6) is 5.75 Å². The number of aliphatic hydroxyl groups is 1. The molecule has 1 saturated carbocycles. The molecule has 1 aromatic rings. The highest BCUT2D eigenvalue weighted by Gasteiger charge is 2.29. The average Bonchev–Trinajstić information content (AvgIpc) is 2.46. The van der Waals surface area contributed by atoms with Gasteiger partial charge in [-0.05, 0) is 37.5 Å². The minimum Gasteiger partial charge on any atom is -0.497 e. The van der Waals surface area contributed by atoms with E-state index in [0.717, 1.165) is 31.4 Å². The predicted octanol–water partition coefficient (Wildman–Crippen LogP) is 3.04. The van der Waals surface area contributed by atoms with E-state index in [1.165, 1.54) is 12.0 Å². The van der Waals surface area contributed by atoms with Crippen molar-refractivity contribution in [3.63, 3.8) is 0 Å². The smallest absolute Gasteiger partial charge is 0.118 e. The van der Waals surface area contributed by atoms with Crippen LogP contribution in [0.1, 0.15) is 50.6 Å². The van der Waals surface area contributed by atoms with Crippen molar-refractivity contribution in [3.8, 4) is 5.75 Å². The van der Waals surface area contributed by atoms with Crippen molar-refractivity contribution in [3.05, 3.63) is 29.8 Å². The van der Waals surface area contributed by atoms with Gasteiger partial charge in [-0.1, -0.05) is 31.4 Å². The Balaban J connectivity index is 1.87. The van der Waals surface area contributed by atoms with Crippen molar-refractivity contribution < 1.29 is 9.84 Å². The van der Waals surface area contributed by atoms with Crippen molar-refractivity contribution in [1.82, 2.24) is 5.32 Å². The Hall–Kier alpha value is -1.06. The van der Waals surface area contributed by atoms with Crippen molar-refractivity contribution in [1.29, 1.82) is 0 Å². The van der Waals surface area contributed by atoms with E-state index in [1.54, 1.807) is 7.11 Å². The number of ether oxygens (including phenoxy) is 1. The van der Waals surface area contributed by atoms with Crippen LogP contribution >= 0.6 is 0 Å². The van der Waals surface area contributed by atoms with Crippen LogP contribution < -0.4 is 10.1 Å². The van der Waals surface area contributed by atoms with Gasteiger partial charge in [-0.15, -0.1) is 0 Å². The van der Waals surface area contributed by atoms with E-state index in [-0.39, 0.29) is 6.04 Å². The van der Waals surface area contributed by atoms with E-state index < -0.39 is 5.60 Å². The van der Waals surface area contributed by atoms with Crippen LogP contribution in [-0.2, 0) is 0 Å². The molecule has 1 aliphatic carbocycles. The van der Waals surface area contributed by atoms with Gasteiger partial charge < -0.3 is 15.2 Å². The lowest BCUT2D eigenvalue weighted by atomic mass is 9.84. The largest absolute Gasteiger partial charge is 0.497 e. The van der Waals surface area contributed by atoms with E-state index in [1.807, 2.05) is 12.1 Å². The summed E-state index contributed by atoms with van der Waals surface area (Å²) in [6.45, 7) is 2.81. The van der Waals surface area contributed by atoms with Crippen molar-refractivity contribution in [2.45, 2.75) is 50.7 Å². The molecular formula is C16H25NO2. The van der Waals surface area contributed by atoms with Crippen LogP contribution in [0.25, 0.3) is 0 Å². The Kier molecular flexibility index (Phi) is 4.83. The SMILES string of the molecule is COc1ccc([C@@H](C)NCC2(O)CCCCC2)cc1. The van der Waals surface area contributed by atoms with E-state index in [9.17, 15) is 5.11 Å². The molecule has 1 atom stereocenters. The fourth-order valence-electron chi connectivity index (χ4n) is 2.74. The van der Waals surface area contributed by atoms with Gasteiger partial charge in [0.15, 0.2) is 0 Å². The number of benzene rings is 1. The molecule has 0 saturated heterocycles. The summed E-state index contributed by atoms with van der Waals surface area (Å²) in [5, 5.41) is 13.9. The van der Waals surface area contributed by atoms with E-state index >= 15 is 0 Å². The molecule has 3 nitrogen and oxygen atoms in total. The molecule has 0 unspecified atom stereocenters. The third kappa shape index (κ3) is 3.95. The van der Waals surface area contributed by atoms with Crippen molar-refractivity contribution >= 4 is 0 Å². The Morgan fingerprint density at radius 1 is 1.21 bits per heavy atom. The van der Waals surface area contributed by atoms with Crippen molar-refractivity contribution in [2.75, 3.05) is 13.7 Å². The van der Waals surface area contributed by atoms with Gasteiger partial charge in [-0.2, -0.15) is 0 Å². The maximum Gasteiger partial charge on any atom is 0.118 e. The number of nitrogens with one attached hydrogen (secondary N) is 1. The van der Waals surface area contributed by atoms with E-state index in [2.05, 4.69) is 24.4 Å². The maximum absolute atomic E-state index is 10.5. The topological polar surface area (TPSA) is 41.5 Å². The number of hydrogen-bond acceptors (Lipinski definition) is 3. The summed E-state index contributed by atoms with van der Waals surface area (Å²) >= 11 is 0. The van der Waals surface area contributed by atoms with E-state index in [4.69, 9.17) is 4.74 Å². The Morgan fingerprint density at radius 3 is 2.42 bits per heavy atom. The Labute approximate surface area is 116 Å². The third-order valence-electron chi connectivity index (χ3n) is 4.14. The van der Waals surface area contributed by atoms with Crippen molar-refractivity contribution in [2.24, 2.45) is 0 Å². The molecule has 0 bridgehead atoms. The molecule has 1 aromatic carbocycles. The van der Waals surface area contributed by atoms with Crippen LogP contribution in [0, 0.1) is 0 Å². The van der Waals surface area contributed by atoms with Gasteiger partial charge in [-0.3, -0.25) is 0 Å². The third-order valence-corrected chi connectivity index (χ3v) is 4.14. The monoisotopic (exact) mass is 263 g/mol. The lowest BCUT2D eigenvalue weighted by Crippen LogP contribution is -2.42. The van der Waals surface area contributed by atoms with Gasteiger partial charge in [0.05, 0.1) is 12.7 Å². The molecule has 1 aliphatic rings. The van der Waals surface area contributed by atoms with Crippen LogP contribution in [0.4, 0.5) is 0 Å². The average molecular weight is 263 g/mol. The highest BCUT2D eigenvalue weighted by molar-refractivity contribution is 5.28. The summed E-state index contributed by atoms with van der Waals surface area (Å²) in [5.74, 6) is 0.877. The summed E-state index contributed by atoms with van der Waals surface area (Å²) in [6, 6.07) is 8.34. The summed E-state index contributed by atoms with van der Waals surface area (Å²) < 4.78 is 5.16. The van der Waals surface area contributed by atoms with Crippen LogP contribution in [0.3, 0.4) is 0 Å². The minimum atomic E-state index is -0.501. The zero-order chi connectivity index (χ0) is 13.7. The van der Waals surface area contributed by atoms with Gasteiger partial charge in [0, 0.05) is 12.6 Å². The normalized spacial score (nSPS) is 19.9. The van der Waals surface area contributed by atoms with Gasteiger partial charge in [0.25, 0.3) is 0 Å². The number of hydrogen-bond donors (Lipinski definition) is 2. The first-order chi connectivity index (χ1) is 9.13. The molecule has 2 rings (SSSR count). The second kappa shape index (κ2) is 6.40. The second-order valence-electron chi connectivity index (χ2n) is 5.66. The summed E-state index contributed by atoms with van der Waals surface area (Å²) in [7, 11) is 1.68. The first-order valence-corrected chi connectivity index (χ1v) is 7.23. The molecule has 19 heavy (non-hydrogen) atoms. The zero-order valence-electron chi connectivity index (χ0n) is 12.0. The molecule has 0 amide bonds. The fourth-order valence-corrected chi connectivity index (χ4v) is 2.74. The molecule has 3 heteroatoms. The predicted molar refractivity (Wildman–Crippen MR) is 77.4 cm³/mol. The first kappa shape index (κ1) is 14.4. The van der Waals surface area contributed by atoms with Gasteiger partial charge in [0.2, 0.25) is 0 Å². The fraction of sp³-hybridized carbons (Fsp3) is 0.625. The van der Waals surface area contributed by atoms with Crippen LogP contribution in [-0.4, -0.2) is 24.4 Å². The quantitative estimate of drug-likeness (QED) is 0.858. The lowest BCUT2D eigenvalue weighted by Gasteiger charge is -2.33. The van der Waals surface area contributed by atoms with Crippen LogP contribution in [0.2, 0.25) is 0 Å². The molecule has 106 valence electrons. The molecule has 0 spiro atoms. The second-order valence-corrected chi connectivity index (χ2v) is 5.66. The summed E-state index contributed by atoms with van der Waals surface area (Å²) in [4.78, 5) is 0. The first-order valence-electron chi connectivity index (χ1n) is 7.23. The number of rotatable bonds is 5. The Morgan fingerprint density at radius 2 is 1.84 bits per heavy atom. The Bertz CT molecular complexity index is 382. The maximum atomic E-state index is 10.5. The highest BCUT2D eigenvalue weighted by Crippen LogP contribution is 2.28. The highest BCUT2D eigenvalue weighted by atomic mass is 16.5. The molecule has 0 heterocycles. The minimum absolute atomic E-state index is 0.247. The standard InChI is InChI=1S/C16H25NO2/c1-13(14-6-8-15(19-2)9-7-14)17-12-16(18)10-4-3-5-11-16/h6-9,13,17-18H,3-5,10-12H2,1-2H3/t13-/m1/s1. The molecule has 0 radical (unpaired) electrons. The number of methoxy groups -OCH3 is 1. The summed E-state index contributed by atoms with van der Waals surface area (Å²) in [6.07, 6.45) is 5.41. The van der Waals surface area contributed by atoms with Gasteiger partial charge in [-0.25, -0.2) is 0 Å². The molecule has 0 aromatic heterocycles. The van der Waals surface area contributed by atoms with E-state index in [0.29, 0.717) is 6.54 Å². The van der Waals surface area contributed by atoms with Gasteiger partial charge in [0.1, 0.15) is 5.75 Å². The van der Waals surface area contributed by atoms with Gasteiger partial charge >= 0.3 is 0 Å². The lowest BCUT2D eigenvalue weighted by molar-refractivity contribution is 0.00300.